The zero-order valence-electron chi connectivity index (χ0n) is 9.26. The molecule has 0 aliphatic carbocycles. The summed E-state index contributed by atoms with van der Waals surface area (Å²) in [6, 6.07) is 4.76. The smallest absolute Gasteiger partial charge is 0.303 e. The van der Waals surface area contributed by atoms with E-state index in [1.165, 1.54) is 6.07 Å². The molecule has 0 saturated carbocycles. The van der Waals surface area contributed by atoms with Crippen LogP contribution in [-0.2, 0) is 11.2 Å². The topological polar surface area (TPSA) is 37.3 Å². The molecule has 1 rings (SSSR count). The van der Waals surface area contributed by atoms with Gasteiger partial charge in [-0.25, -0.2) is 4.39 Å². The van der Waals surface area contributed by atoms with Crippen molar-refractivity contribution >= 4 is 21.9 Å². The summed E-state index contributed by atoms with van der Waals surface area (Å²) >= 11 is 3.11. The fourth-order valence-corrected chi connectivity index (χ4v) is 2.10. The summed E-state index contributed by atoms with van der Waals surface area (Å²) in [6.45, 7) is 3.77. The first-order chi connectivity index (χ1) is 7.30. The molecule has 1 aromatic rings. The van der Waals surface area contributed by atoms with Gasteiger partial charge in [0.05, 0.1) is 10.9 Å². The molecule has 88 valence electrons. The van der Waals surface area contributed by atoms with Crippen LogP contribution in [0.3, 0.4) is 0 Å². The van der Waals surface area contributed by atoms with Crippen LogP contribution in [0, 0.1) is 11.2 Å². The quantitative estimate of drug-likeness (QED) is 0.919. The van der Waals surface area contributed by atoms with Gasteiger partial charge in [0.2, 0.25) is 0 Å². The Morgan fingerprint density at radius 1 is 1.50 bits per heavy atom. The van der Waals surface area contributed by atoms with E-state index in [0.29, 0.717) is 10.9 Å². The summed E-state index contributed by atoms with van der Waals surface area (Å²) < 4.78 is 13.4. The van der Waals surface area contributed by atoms with E-state index in [1.807, 2.05) is 13.8 Å². The van der Waals surface area contributed by atoms with Crippen LogP contribution in [0.4, 0.5) is 4.39 Å². The van der Waals surface area contributed by atoms with Crippen LogP contribution < -0.4 is 0 Å². The van der Waals surface area contributed by atoms with Crippen LogP contribution in [0.15, 0.2) is 22.7 Å². The molecule has 0 atom stereocenters. The Labute approximate surface area is 103 Å². The van der Waals surface area contributed by atoms with E-state index in [0.717, 1.165) is 5.56 Å². The van der Waals surface area contributed by atoms with Crippen LogP contribution in [0.2, 0.25) is 0 Å². The van der Waals surface area contributed by atoms with Crippen LogP contribution in [0.5, 0.6) is 0 Å². The number of carbonyl (C=O) groups is 1. The zero-order valence-corrected chi connectivity index (χ0v) is 10.8. The van der Waals surface area contributed by atoms with Crippen molar-refractivity contribution < 1.29 is 14.3 Å². The van der Waals surface area contributed by atoms with Gasteiger partial charge >= 0.3 is 5.97 Å². The molecule has 0 saturated heterocycles. The number of hydrogen-bond acceptors (Lipinski definition) is 1. The van der Waals surface area contributed by atoms with Crippen LogP contribution in [0.25, 0.3) is 0 Å². The van der Waals surface area contributed by atoms with E-state index in [9.17, 15) is 9.18 Å². The fraction of sp³-hybridized carbons (Fsp3) is 0.417. The lowest BCUT2D eigenvalue weighted by Crippen LogP contribution is -2.19. The minimum absolute atomic E-state index is 0.0992. The number of carboxylic acid groups (broad SMARTS) is 1. The van der Waals surface area contributed by atoms with Crippen molar-refractivity contribution in [2.75, 3.05) is 0 Å². The summed E-state index contributed by atoms with van der Waals surface area (Å²) in [4.78, 5) is 10.7. The molecule has 0 spiro atoms. The molecule has 0 radical (unpaired) electrons. The molecule has 0 aliphatic rings. The molecular weight excluding hydrogens is 275 g/mol. The molecular formula is C12H14BrFO2. The molecule has 16 heavy (non-hydrogen) atoms. The van der Waals surface area contributed by atoms with Crippen molar-refractivity contribution in [3.8, 4) is 0 Å². The number of aliphatic carboxylic acids is 1. The third kappa shape index (κ3) is 3.93. The molecule has 0 unspecified atom stereocenters. The van der Waals surface area contributed by atoms with Gasteiger partial charge in [0.15, 0.2) is 0 Å². The van der Waals surface area contributed by atoms with Gasteiger partial charge in [0.25, 0.3) is 0 Å². The maximum absolute atomic E-state index is 13.0. The Kier molecular flexibility index (Phi) is 4.08. The normalized spacial score (nSPS) is 11.5. The largest absolute Gasteiger partial charge is 0.481 e. The summed E-state index contributed by atoms with van der Waals surface area (Å²) in [5.74, 6) is -1.12. The van der Waals surface area contributed by atoms with Crippen molar-refractivity contribution in [2.24, 2.45) is 5.41 Å². The van der Waals surface area contributed by atoms with Crippen molar-refractivity contribution in [1.82, 2.24) is 0 Å². The van der Waals surface area contributed by atoms with E-state index < -0.39 is 5.97 Å². The molecule has 0 bridgehead atoms. The third-order valence-corrected chi connectivity index (χ3v) is 2.90. The van der Waals surface area contributed by atoms with Gasteiger partial charge in [-0.2, -0.15) is 0 Å². The molecule has 4 heteroatoms. The molecule has 0 aromatic heterocycles. The minimum atomic E-state index is -0.814. The summed E-state index contributed by atoms with van der Waals surface area (Å²) in [6.07, 6.45) is 0.709. The summed E-state index contributed by atoms with van der Waals surface area (Å²) in [5.41, 5.74) is 0.600. The highest BCUT2D eigenvalue weighted by Gasteiger charge is 2.22. The Morgan fingerprint density at radius 2 is 2.12 bits per heavy atom. The second-order valence-corrected chi connectivity index (χ2v) is 5.51. The number of benzene rings is 1. The van der Waals surface area contributed by atoms with E-state index in [1.54, 1.807) is 12.1 Å². The average Bonchev–Trinajstić information content (AvgIpc) is 2.08. The monoisotopic (exact) mass is 288 g/mol. The minimum Gasteiger partial charge on any atom is -0.481 e. The maximum atomic E-state index is 13.0. The lowest BCUT2D eigenvalue weighted by Gasteiger charge is -2.22. The predicted octanol–water partition coefficient (Wildman–Crippen LogP) is 3.63. The zero-order chi connectivity index (χ0) is 12.3. The Bertz CT molecular complexity index is 402. The highest BCUT2D eigenvalue weighted by Crippen LogP contribution is 2.27. The molecule has 0 heterocycles. The Morgan fingerprint density at radius 3 is 2.62 bits per heavy atom. The van der Waals surface area contributed by atoms with E-state index >= 15 is 0 Å². The molecule has 1 N–H and O–H groups in total. The summed E-state index contributed by atoms with van der Waals surface area (Å²) in [5, 5.41) is 8.76. The van der Waals surface area contributed by atoms with Gasteiger partial charge < -0.3 is 5.11 Å². The van der Waals surface area contributed by atoms with Gasteiger partial charge in [-0.1, -0.05) is 19.9 Å². The number of halogens is 2. The number of hydrogen-bond donors (Lipinski definition) is 1. The second-order valence-electron chi connectivity index (χ2n) is 4.66. The lowest BCUT2D eigenvalue weighted by atomic mass is 9.83. The van der Waals surface area contributed by atoms with Gasteiger partial charge in [0, 0.05) is 0 Å². The third-order valence-electron chi connectivity index (χ3n) is 2.30. The van der Waals surface area contributed by atoms with Crippen LogP contribution in [-0.4, -0.2) is 11.1 Å². The first kappa shape index (κ1) is 13.2. The second kappa shape index (κ2) is 4.95. The fourth-order valence-electron chi connectivity index (χ4n) is 1.67. The van der Waals surface area contributed by atoms with Crippen molar-refractivity contribution in [3.05, 3.63) is 34.1 Å². The van der Waals surface area contributed by atoms with Crippen molar-refractivity contribution in [2.45, 2.75) is 26.7 Å². The van der Waals surface area contributed by atoms with Gasteiger partial charge in [-0.3, -0.25) is 4.79 Å². The summed E-state index contributed by atoms with van der Waals surface area (Å²) in [7, 11) is 0. The van der Waals surface area contributed by atoms with Gasteiger partial charge in [-0.15, -0.1) is 0 Å². The molecule has 0 aliphatic heterocycles. The Balaban J connectivity index is 2.79. The first-order valence-corrected chi connectivity index (χ1v) is 5.75. The van der Waals surface area contributed by atoms with Crippen LogP contribution >= 0.6 is 15.9 Å². The van der Waals surface area contributed by atoms with Gasteiger partial charge in [-0.05, 0) is 45.5 Å². The Hall–Kier alpha value is -0.900. The lowest BCUT2D eigenvalue weighted by molar-refractivity contribution is -0.139. The standard InChI is InChI=1S/C12H14BrFO2/c1-12(2,7-11(15)16)6-8-3-4-10(14)9(13)5-8/h3-5H,6-7H2,1-2H3,(H,15,16). The molecule has 2 nitrogen and oxygen atoms in total. The first-order valence-electron chi connectivity index (χ1n) is 4.96. The average molecular weight is 289 g/mol. The molecule has 0 amide bonds. The number of carboxylic acids is 1. The SMILES string of the molecule is CC(C)(CC(=O)O)Cc1ccc(F)c(Br)c1. The highest BCUT2D eigenvalue weighted by molar-refractivity contribution is 9.10. The van der Waals surface area contributed by atoms with E-state index in [2.05, 4.69) is 15.9 Å². The highest BCUT2D eigenvalue weighted by atomic mass is 79.9. The van der Waals surface area contributed by atoms with E-state index in [4.69, 9.17) is 5.11 Å². The molecule has 0 fully saturated rings. The maximum Gasteiger partial charge on any atom is 0.303 e. The predicted molar refractivity (Wildman–Crippen MR) is 63.8 cm³/mol. The van der Waals surface area contributed by atoms with Crippen molar-refractivity contribution in [3.63, 3.8) is 0 Å². The number of rotatable bonds is 4. The van der Waals surface area contributed by atoms with Gasteiger partial charge in [0.1, 0.15) is 5.82 Å². The van der Waals surface area contributed by atoms with Crippen molar-refractivity contribution in [1.29, 1.82) is 0 Å². The molecule has 1 aromatic carbocycles. The van der Waals surface area contributed by atoms with E-state index in [-0.39, 0.29) is 17.7 Å². The van der Waals surface area contributed by atoms with Crippen LogP contribution in [0.1, 0.15) is 25.8 Å².